The van der Waals surface area contributed by atoms with Crippen molar-refractivity contribution >= 4 is 11.7 Å². The van der Waals surface area contributed by atoms with Gasteiger partial charge in [0.2, 0.25) is 0 Å². The summed E-state index contributed by atoms with van der Waals surface area (Å²) in [6.07, 6.45) is 4.77. The van der Waals surface area contributed by atoms with Crippen molar-refractivity contribution in [2.24, 2.45) is 0 Å². The molecule has 2 aromatic rings. The Balaban J connectivity index is 1.78. The van der Waals surface area contributed by atoms with E-state index in [4.69, 9.17) is 0 Å². The summed E-state index contributed by atoms with van der Waals surface area (Å²) in [7, 11) is 3.86. The molecule has 1 N–H and O–H groups in total. The number of anilines is 1. The number of carbonyl (C=O) groups is 1. The topological polar surface area (TPSA) is 45.2 Å². The van der Waals surface area contributed by atoms with Gasteiger partial charge in [-0.05, 0) is 37.0 Å². The maximum Gasteiger partial charge on any atom is 0.253 e. The Morgan fingerprint density at radius 2 is 1.86 bits per heavy atom. The summed E-state index contributed by atoms with van der Waals surface area (Å²) in [4.78, 5) is 18.8. The highest BCUT2D eigenvalue weighted by atomic mass is 16.1. The summed E-state index contributed by atoms with van der Waals surface area (Å²) in [6, 6.07) is 13.9. The number of rotatable bonds is 4. The number of carbonyl (C=O) groups excluding carboxylic acids is 1. The van der Waals surface area contributed by atoms with Crippen LogP contribution in [0.1, 0.15) is 35.2 Å². The van der Waals surface area contributed by atoms with Crippen molar-refractivity contribution in [3.05, 3.63) is 59.8 Å². The van der Waals surface area contributed by atoms with Crippen molar-refractivity contribution in [1.29, 1.82) is 0 Å². The van der Waals surface area contributed by atoms with E-state index in [-0.39, 0.29) is 11.4 Å². The van der Waals surface area contributed by atoms with E-state index in [1.54, 1.807) is 6.20 Å². The van der Waals surface area contributed by atoms with Crippen LogP contribution in [0.25, 0.3) is 0 Å². The Bertz CT molecular complexity index is 646. The van der Waals surface area contributed by atoms with Gasteiger partial charge in [0.1, 0.15) is 5.82 Å². The molecule has 0 aliphatic heterocycles. The van der Waals surface area contributed by atoms with E-state index in [1.165, 1.54) is 5.56 Å². The predicted molar refractivity (Wildman–Crippen MR) is 88.0 cm³/mol. The van der Waals surface area contributed by atoms with Crippen LogP contribution >= 0.6 is 0 Å². The van der Waals surface area contributed by atoms with Crippen LogP contribution in [0.15, 0.2) is 48.7 Å². The summed E-state index contributed by atoms with van der Waals surface area (Å²) in [5.74, 6) is 0.791. The van der Waals surface area contributed by atoms with Gasteiger partial charge < -0.3 is 10.2 Å². The zero-order chi connectivity index (χ0) is 15.6. The first-order valence-corrected chi connectivity index (χ1v) is 7.62. The summed E-state index contributed by atoms with van der Waals surface area (Å²) < 4.78 is 0. The lowest BCUT2D eigenvalue weighted by atomic mass is 9.71. The second-order valence-electron chi connectivity index (χ2n) is 6.06. The van der Waals surface area contributed by atoms with Crippen LogP contribution < -0.4 is 10.2 Å². The highest BCUT2D eigenvalue weighted by molar-refractivity contribution is 5.94. The van der Waals surface area contributed by atoms with Gasteiger partial charge in [0.05, 0.1) is 11.1 Å². The standard InChI is InChI=1S/C18H21N3O/c1-21(2)16-10-9-14(13-19-16)17(22)20-18(11-6-12-18)15-7-4-3-5-8-15/h3-5,7-10,13H,6,11-12H2,1-2H3,(H,20,22). The maximum absolute atomic E-state index is 12.5. The normalized spacial score (nSPS) is 15.7. The number of pyridine rings is 1. The molecule has 4 heteroatoms. The maximum atomic E-state index is 12.5. The van der Waals surface area contributed by atoms with Gasteiger partial charge in [-0.1, -0.05) is 30.3 Å². The van der Waals surface area contributed by atoms with E-state index in [9.17, 15) is 4.79 Å². The lowest BCUT2D eigenvalue weighted by Gasteiger charge is -2.43. The molecule has 0 radical (unpaired) electrons. The molecule has 1 aromatic heterocycles. The minimum atomic E-state index is -0.210. The van der Waals surface area contributed by atoms with Gasteiger partial charge in [-0.15, -0.1) is 0 Å². The Kier molecular flexibility index (Phi) is 3.84. The van der Waals surface area contributed by atoms with Crippen molar-refractivity contribution in [2.45, 2.75) is 24.8 Å². The minimum Gasteiger partial charge on any atom is -0.363 e. The highest BCUT2D eigenvalue weighted by Crippen LogP contribution is 2.41. The third kappa shape index (κ3) is 2.69. The Hall–Kier alpha value is -2.36. The van der Waals surface area contributed by atoms with Crippen molar-refractivity contribution in [1.82, 2.24) is 10.3 Å². The zero-order valence-electron chi connectivity index (χ0n) is 13.0. The van der Waals surface area contributed by atoms with Crippen molar-refractivity contribution in [2.75, 3.05) is 19.0 Å². The fourth-order valence-electron chi connectivity index (χ4n) is 2.85. The molecule has 3 rings (SSSR count). The Labute approximate surface area is 131 Å². The van der Waals surface area contributed by atoms with E-state index < -0.39 is 0 Å². The van der Waals surface area contributed by atoms with E-state index >= 15 is 0 Å². The average Bonchev–Trinajstić information content (AvgIpc) is 2.51. The first-order valence-electron chi connectivity index (χ1n) is 7.62. The summed E-state index contributed by atoms with van der Waals surface area (Å²) in [5.41, 5.74) is 1.58. The van der Waals surface area contributed by atoms with Crippen molar-refractivity contribution in [3.8, 4) is 0 Å². The quantitative estimate of drug-likeness (QED) is 0.943. The fourth-order valence-corrected chi connectivity index (χ4v) is 2.85. The van der Waals surface area contributed by atoms with Crippen LogP contribution in [0.2, 0.25) is 0 Å². The molecule has 1 amide bonds. The molecule has 1 saturated carbocycles. The van der Waals surface area contributed by atoms with E-state index in [0.717, 1.165) is 25.1 Å². The smallest absolute Gasteiger partial charge is 0.253 e. The van der Waals surface area contributed by atoms with Gasteiger partial charge in [0.25, 0.3) is 5.91 Å². The summed E-state index contributed by atoms with van der Waals surface area (Å²) in [6.45, 7) is 0. The number of hydrogen-bond acceptors (Lipinski definition) is 3. The second kappa shape index (κ2) is 5.79. The van der Waals surface area contributed by atoms with E-state index in [1.807, 2.05) is 49.3 Å². The van der Waals surface area contributed by atoms with E-state index in [0.29, 0.717) is 5.56 Å². The fraction of sp³-hybridized carbons (Fsp3) is 0.333. The van der Waals surface area contributed by atoms with Crippen LogP contribution in [-0.4, -0.2) is 25.0 Å². The average molecular weight is 295 g/mol. The van der Waals surface area contributed by atoms with Gasteiger partial charge in [0.15, 0.2) is 0 Å². The molecule has 4 nitrogen and oxygen atoms in total. The number of hydrogen-bond donors (Lipinski definition) is 1. The van der Waals surface area contributed by atoms with Gasteiger partial charge in [0, 0.05) is 20.3 Å². The molecule has 1 heterocycles. The number of amides is 1. The van der Waals surface area contributed by atoms with Gasteiger partial charge in [-0.2, -0.15) is 0 Å². The highest BCUT2D eigenvalue weighted by Gasteiger charge is 2.40. The first-order chi connectivity index (χ1) is 10.6. The lowest BCUT2D eigenvalue weighted by molar-refractivity contribution is 0.0823. The van der Waals surface area contributed by atoms with Crippen molar-refractivity contribution in [3.63, 3.8) is 0 Å². The summed E-state index contributed by atoms with van der Waals surface area (Å²) in [5, 5.41) is 3.22. The third-order valence-electron chi connectivity index (χ3n) is 4.35. The molecule has 0 unspecified atom stereocenters. The molecule has 1 aliphatic carbocycles. The zero-order valence-corrected chi connectivity index (χ0v) is 13.0. The first kappa shape index (κ1) is 14.6. The van der Waals surface area contributed by atoms with Crippen LogP contribution in [0, 0.1) is 0 Å². The van der Waals surface area contributed by atoms with Crippen LogP contribution in [0.4, 0.5) is 5.82 Å². The molecular formula is C18H21N3O. The van der Waals surface area contributed by atoms with Crippen LogP contribution in [-0.2, 0) is 5.54 Å². The van der Waals surface area contributed by atoms with Crippen molar-refractivity contribution < 1.29 is 4.79 Å². The third-order valence-corrected chi connectivity index (χ3v) is 4.35. The molecule has 22 heavy (non-hydrogen) atoms. The Morgan fingerprint density at radius 1 is 1.14 bits per heavy atom. The molecule has 0 spiro atoms. The number of aromatic nitrogens is 1. The SMILES string of the molecule is CN(C)c1ccc(C(=O)NC2(c3ccccc3)CCC2)cn1. The lowest BCUT2D eigenvalue weighted by Crippen LogP contribution is -2.50. The summed E-state index contributed by atoms with van der Waals surface area (Å²) >= 11 is 0. The molecule has 0 atom stereocenters. The van der Waals surface area contributed by atoms with Gasteiger partial charge in [-0.25, -0.2) is 4.98 Å². The molecule has 1 fully saturated rings. The van der Waals surface area contributed by atoms with Crippen LogP contribution in [0.5, 0.6) is 0 Å². The Morgan fingerprint density at radius 3 is 2.36 bits per heavy atom. The molecular weight excluding hydrogens is 274 g/mol. The second-order valence-corrected chi connectivity index (χ2v) is 6.06. The van der Waals surface area contributed by atoms with Gasteiger partial charge in [-0.3, -0.25) is 4.79 Å². The monoisotopic (exact) mass is 295 g/mol. The molecule has 0 saturated heterocycles. The van der Waals surface area contributed by atoms with Gasteiger partial charge >= 0.3 is 0 Å². The predicted octanol–water partition coefficient (Wildman–Crippen LogP) is 2.96. The number of benzene rings is 1. The molecule has 1 aromatic carbocycles. The molecule has 114 valence electrons. The molecule has 0 bridgehead atoms. The minimum absolute atomic E-state index is 0.0543. The molecule has 1 aliphatic rings. The van der Waals surface area contributed by atoms with Crippen LogP contribution in [0.3, 0.4) is 0 Å². The number of nitrogens with zero attached hydrogens (tertiary/aromatic N) is 2. The largest absolute Gasteiger partial charge is 0.363 e. The number of nitrogens with one attached hydrogen (secondary N) is 1. The van der Waals surface area contributed by atoms with E-state index in [2.05, 4.69) is 22.4 Å².